The minimum atomic E-state index is -1.36. The van der Waals surface area contributed by atoms with E-state index in [1.54, 1.807) is 31.2 Å². The van der Waals surface area contributed by atoms with Gasteiger partial charge in [0.15, 0.2) is 0 Å². The van der Waals surface area contributed by atoms with Crippen LogP contribution in [0.3, 0.4) is 0 Å². The Bertz CT molecular complexity index is 1070. The highest BCUT2D eigenvalue weighted by atomic mass is 35.5. The monoisotopic (exact) mass is 463 g/mol. The number of benzene rings is 2. The molecular formula is C22H23Cl2N3O4. The second-order valence-corrected chi connectivity index (χ2v) is 8.89. The van der Waals surface area contributed by atoms with Crippen molar-refractivity contribution >= 4 is 46.4 Å². The summed E-state index contributed by atoms with van der Waals surface area (Å²) in [6.07, 6.45) is -0.516. The van der Waals surface area contributed by atoms with Crippen molar-refractivity contribution in [3.8, 4) is 5.75 Å². The number of methoxy groups -OCH3 is 1. The van der Waals surface area contributed by atoms with Crippen molar-refractivity contribution in [2.24, 2.45) is 5.92 Å². The van der Waals surface area contributed by atoms with Crippen LogP contribution in [0.15, 0.2) is 30.3 Å². The Morgan fingerprint density at radius 2 is 2.06 bits per heavy atom. The SMILES string of the molecule is COc1ccc(Cl)cc1NC(=O)[C@H]1C[C@H]([C@H](C)O)N[C@]12C(=O)Nc1c(Cl)cc(C)cc12. The van der Waals surface area contributed by atoms with Crippen LogP contribution in [0, 0.1) is 12.8 Å². The Balaban J connectivity index is 1.79. The van der Waals surface area contributed by atoms with Gasteiger partial charge in [-0.1, -0.05) is 29.3 Å². The molecule has 4 rings (SSSR count). The van der Waals surface area contributed by atoms with Crippen molar-refractivity contribution in [1.82, 2.24) is 5.32 Å². The van der Waals surface area contributed by atoms with E-state index >= 15 is 0 Å². The highest BCUT2D eigenvalue weighted by Gasteiger charge is 2.61. The molecule has 0 radical (unpaired) electrons. The molecule has 7 nitrogen and oxygen atoms in total. The number of hydrogen-bond acceptors (Lipinski definition) is 5. The number of hydrogen-bond donors (Lipinski definition) is 4. The number of rotatable bonds is 4. The summed E-state index contributed by atoms with van der Waals surface area (Å²) >= 11 is 12.5. The molecular weight excluding hydrogens is 441 g/mol. The van der Waals surface area contributed by atoms with Gasteiger partial charge in [0.2, 0.25) is 11.8 Å². The van der Waals surface area contributed by atoms with Crippen LogP contribution in [0.2, 0.25) is 10.0 Å². The Hall–Kier alpha value is -2.32. The average Bonchev–Trinajstić information content (AvgIpc) is 3.23. The van der Waals surface area contributed by atoms with E-state index in [4.69, 9.17) is 27.9 Å². The van der Waals surface area contributed by atoms with Gasteiger partial charge in [0, 0.05) is 16.6 Å². The summed E-state index contributed by atoms with van der Waals surface area (Å²) in [4.78, 5) is 26.8. The molecule has 9 heteroatoms. The number of aliphatic hydroxyl groups is 1. The molecule has 2 aliphatic heterocycles. The molecule has 2 aromatic rings. The quantitative estimate of drug-likeness (QED) is 0.556. The van der Waals surface area contributed by atoms with Crippen molar-refractivity contribution in [2.45, 2.75) is 38.0 Å². The minimum absolute atomic E-state index is 0.255. The van der Waals surface area contributed by atoms with E-state index in [1.807, 2.05) is 13.0 Å². The first-order valence-corrected chi connectivity index (χ1v) is 10.6. The zero-order chi connectivity index (χ0) is 22.5. The van der Waals surface area contributed by atoms with Gasteiger partial charge in [0.25, 0.3) is 0 Å². The number of ether oxygens (including phenoxy) is 1. The van der Waals surface area contributed by atoms with Crippen LogP contribution < -0.4 is 20.7 Å². The third-order valence-electron chi connectivity index (χ3n) is 6.00. The van der Waals surface area contributed by atoms with Gasteiger partial charge >= 0.3 is 0 Å². The summed E-state index contributed by atoms with van der Waals surface area (Å²) < 4.78 is 5.32. The zero-order valence-electron chi connectivity index (χ0n) is 17.3. The number of carbonyl (C=O) groups excluding carboxylic acids is 2. The largest absolute Gasteiger partial charge is 0.495 e. The number of aryl methyl sites for hydroxylation is 1. The van der Waals surface area contributed by atoms with E-state index in [0.29, 0.717) is 32.7 Å². The van der Waals surface area contributed by atoms with Crippen LogP contribution in [0.5, 0.6) is 5.75 Å². The first kappa shape index (κ1) is 21.9. The molecule has 164 valence electrons. The molecule has 2 aliphatic rings. The molecule has 2 aromatic carbocycles. The zero-order valence-corrected chi connectivity index (χ0v) is 18.8. The van der Waals surface area contributed by atoms with Crippen molar-refractivity contribution in [2.75, 3.05) is 17.7 Å². The van der Waals surface area contributed by atoms with Crippen LogP contribution in [0.4, 0.5) is 11.4 Å². The topological polar surface area (TPSA) is 99.7 Å². The normalized spacial score (nSPS) is 25.3. The number of halogens is 2. The van der Waals surface area contributed by atoms with Crippen LogP contribution in [-0.2, 0) is 15.1 Å². The lowest BCUT2D eigenvalue weighted by atomic mass is 9.79. The summed E-state index contributed by atoms with van der Waals surface area (Å²) in [6.45, 7) is 3.50. The summed E-state index contributed by atoms with van der Waals surface area (Å²) in [5.74, 6) is -1.14. The fraction of sp³-hybridized carbons (Fsp3) is 0.364. The lowest BCUT2D eigenvalue weighted by Gasteiger charge is -2.30. The fourth-order valence-electron chi connectivity index (χ4n) is 4.51. The minimum Gasteiger partial charge on any atom is -0.495 e. The fourth-order valence-corrected chi connectivity index (χ4v) is 5.00. The van der Waals surface area contributed by atoms with Crippen LogP contribution in [0.1, 0.15) is 24.5 Å². The Kier molecular flexibility index (Phi) is 5.64. The maximum absolute atomic E-state index is 13.5. The van der Waals surface area contributed by atoms with Gasteiger partial charge < -0.3 is 20.5 Å². The third kappa shape index (κ3) is 3.55. The molecule has 1 fully saturated rings. The van der Waals surface area contributed by atoms with Gasteiger partial charge in [-0.25, -0.2) is 0 Å². The molecule has 31 heavy (non-hydrogen) atoms. The van der Waals surface area contributed by atoms with Crippen molar-refractivity contribution in [3.05, 3.63) is 51.5 Å². The van der Waals surface area contributed by atoms with Gasteiger partial charge in [-0.2, -0.15) is 0 Å². The number of carbonyl (C=O) groups is 2. The molecule has 1 saturated heterocycles. The first-order valence-electron chi connectivity index (χ1n) is 9.89. The van der Waals surface area contributed by atoms with Gasteiger partial charge in [0.05, 0.1) is 35.5 Å². The molecule has 0 aromatic heterocycles. The Morgan fingerprint density at radius 3 is 2.74 bits per heavy atom. The molecule has 0 saturated carbocycles. The maximum atomic E-state index is 13.5. The van der Waals surface area contributed by atoms with Gasteiger partial charge in [-0.05, 0) is 50.1 Å². The maximum Gasteiger partial charge on any atom is 0.250 e. The number of anilines is 2. The van der Waals surface area contributed by atoms with E-state index in [2.05, 4.69) is 16.0 Å². The Labute approximate surface area is 190 Å². The molecule has 0 bridgehead atoms. The second-order valence-electron chi connectivity index (χ2n) is 8.05. The van der Waals surface area contributed by atoms with Crippen molar-refractivity contribution < 1.29 is 19.4 Å². The second kappa shape index (κ2) is 7.98. The predicted octanol–water partition coefficient (Wildman–Crippen LogP) is 3.46. The van der Waals surface area contributed by atoms with E-state index in [1.165, 1.54) is 7.11 Å². The van der Waals surface area contributed by atoms with Gasteiger partial charge in [-0.15, -0.1) is 0 Å². The summed E-state index contributed by atoms with van der Waals surface area (Å²) in [6, 6.07) is 8.03. The van der Waals surface area contributed by atoms with Gasteiger partial charge in [-0.3, -0.25) is 14.9 Å². The predicted molar refractivity (Wildman–Crippen MR) is 120 cm³/mol. The number of nitrogens with one attached hydrogen (secondary N) is 3. The Morgan fingerprint density at radius 1 is 1.32 bits per heavy atom. The van der Waals surface area contributed by atoms with E-state index in [9.17, 15) is 14.7 Å². The highest BCUT2D eigenvalue weighted by molar-refractivity contribution is 6.35. The lowest BCUT2D eigenvalue weighted by Crippen LogP contribution is -2.53. The molecule has 0 aliphatic carbocycles. The van der Waals surface area contributed by atoms with Crippen LogP contribution >= 0.6 is 23.2 Å². The average molecular weight is 464 g/mol. The van der Waals surface area contributed by atoms with Crippen LogP contribution in [0.25, 0.3) is 0 Å². The summed E-state index contributed by atoms with van der Waals surface area (Å²) in [7, 11) is 1.49. The number of amides is 2. The lowest BCUT2D eigenvalue weighted by molar-refractivity contribution is -0.130. The number of fused-ring (bicyclic) bond motifs is 2. The smallest absolute Gasteiger partial charge is 0.250 e. The summed E-state index contributed by atoms with van der Waals surface area (Å²) in [5, 5.41) is 20.0. The van der Waals surface area contributed by atoms with E-state index in [-0.39, 0.29) is 12.3 Å². The summed E-state index contributed by atoms with van der Waals surface area (Å²) in [5.41, 5.74) is 0.981. The van der Waals surface area contributed by atoms with Crippen LogP contribution in [-0.4, -0.2) is 36.2 Å². The molecule has 4 N–H and O–H groups in total. The molecule has 2 amide bonds. The van der Waals surface area contributed by atoms with E-state index in [0.717, 1.165) is 5.56 Å². The standard InChI is InChI=1S/C22H23Cl2N3O4/c1-10-6-13-19(15(24)7-10)26-21(30)22(13)14(9-16(27-22)11(2)28)20(29)25-17-8-12(23)4-5-18(17)31-3/h4-8,11,14,16,27-28H,9H2,1-3H3,(H,25,29)(H,26,30)/t11-,14+,16+,22-/m0/s1. The number of aliphatic hydroxyl groups excluding tert-OH is 1. The van der Waals surface area contributed by atoms with Crippen molar-refractivity contribution in [3.63, 3.8) is 0 Å². The first-order chi connectivity index (χ1) is 14.7. The third-order valence-corrected chi connectivity index (χ3v) is 6.53. The van der Waals surface area contributed by atoms with Gasteiger partial charge in [0.1, 0.15) is 11.3 Å². The molecule has 4 atom stereocenters. The highest BCUT2D eigenvalue weighted by Crippen LogP contribution is 2.50. The van der Waals surface area contributed by atoms with E-state index < -0.39 is 29.5 Å². The molecule has 0 unspecified atom stereocenters. The molecule has 2 heterocycles. The van der Waals surface area contributed by atoms with Crippen molar-refractivity contribution in [1.29, 1.82) is 0 Å². The molecule has 1 spiro atoms.